The number of carbonyl (C=O) groups is 1. The number of halogens is 2. The monoisotopic (exact) mass is 559 g/mol. The van der Waals surface area contributed by atoms with Crippen LogP contribution in [0.2, 0.25) is 10.0 Å². The van der Waals surface area contributed by atoms with E-state index in [0.717, 1.165) is 36.5 Å². The Morgan fingerprint density at radius 2 is 1.79 bits per heavy atom. The van der Waals surface area contributed by atoms with Crippen LogP contribution < -0.4 is 15.2 Å². The molecule has 8 nitrogen and oxygen atoms in total. The molecule has 1 amide bonds. The molecule has 0 aromatic heterocycles. The van der Waals surface area contributed by atoms with Gasteiger partial charge in [-0.25, -0.2) is 0 Å². The van der Waals surface area contributed by atoms with Crippen molar-refractivity contribution in [3.8, 4) is 17.2 Å². The van der Waals surface area contributed by atoms with Crippen molar-refractivity contribution in [3.05, 3.63) is 87.4 Å². The van der Waals surface area contributed by atoms with Crippen molar-refractivity contribution in [2.45, 2.75) is 18.4 Å². The number of primary amides is 1. The number of nitrogens with two attached hydrogens (primary N) is 1. The molecule has 1 aliphatic heterocycles. The zero-order valence-electron chi connectivity index (χ0n) is 21.0. The summed E-state index contributed by atoms with van der Waals surface area (Å²) in [6, 6.07) is 17.0. The van der Waals surface area contributed by atoms with Gasteiger partial charge in [0, 0.05) is 48.1 Å². The van der Waals surface area contributed by atoms with Gasteiger partial charge in [0.15, 0.2) is 0 Å². The molecule has 0 unspecified atom stereocenters. The van der Waals surface area contributed by atoms with E-state index in [0.29, 0.717) is 30.2 Å². The zero-order valence-corrected chi connectivity index (χ0v) is 22.5. The zero-order chi connectivity index (χ0) is 27.7. The Morgan fingerprint density at radius 3 is 2.37 bits per heavy atom. The number of aromatic hydroxyl groups is 1. The van der Waals surface area contributed by atoms with Crippen LogP contribution in [0.5, 0.6) is 17.2 Å². The van der Waals surface area contributed by atoms with E-state index >= 15 is 0 Å². The van der Waals surface area contributed by atoms with E-state index in [1.165, 1.54) is 24.4 Å². The number of ether oxygens (including phenoxy) is 2. The van der Waals surface area contributed by atoms with Crippen molar-refractivity contribution in [3.63, 3.8) is 0 Å². The van der Waals surface area contributed by atoms with E-state index in [2.05, 4.69) is 4.90 Å². The minimum atomic E-state index is -0.780. The molecule has 202 valence electrons. The summed E-state index contributed by atoms with van der Waals surface area (Å²) in [7, 11) is 1.58. The second kappa shape index (κ2) is 13.5. The summed E-state index contributed by atoms with van der Waals surface area (Å²) in [4.78, 5) is 12.8. The van der Waals surface area contributed by atoms with Crippen LogP contribution in [0.15, 0.2) is 60.7 Å². The molecule has 38 heavy (non-hydrogen) atoms. The normalized spacial score (nSPS) is 14.6. The number of likely N-dealkylation sites (tertiary alicyclic amines) is 1. The number of amides is 1. The number of rotatable bonds is 8. The summed E-state index contributed by atoms with van der Waals surface area (Å²) in [5.41, 5.74) is 6.11. The molecule has 0 atom stereocenters. The fourth-order valence-corrected chi connectivity index (χ4v) is 4.36. The van der Waals surface area contributed by atoms with E-state index in [9.17, 15) is 9.90 Å². The number of hydrogen-bond donors (Lipinski definition) is 4. The highest BCUT2D eigenvalue weighted by molar-refractivity contribution is 6.32. The molecule has 4 rings (SSSR count). The highest BCUT2D eigenvalue weighted by Crippen LogP contribution is 2.33. The molecule has 1 fully saturated rings. The van der Waals surface area contributed by atoms with Crippen LogP contribution in [0.3, 0.4) is 0 Å². The third kappa shape index (κ3) is 7.85. The molecular weight excluding hydrogens is 529 g/mol. The minimum Gasteiger partial charge on any atom is -0.506 e. The topological polar surface area (TPSA) is 129 Å². The SMILES string of the molecule is COc1cc(OCCN2CCC(O)(c3ccc(Cl)cc3)CC2)ccc1C=N.NC(=O)c1ccc(O)c(Cl)c1. The Kier molecular flexibility index (Phi) is 10.4. The van der Waals surface area contributed by atoms with Crippen molar-refractivity contribution >= 4 is 35.3 Å². The average molecular weight is 560 g/mol. The molecule has 0 bridgehead atoms. The van der Waals surface area contributed by atoms with Crippen LogP contribution in [-0.2, 0) is 5.60 Å². The summed E-state index contributed by atoms with van der Waals surface area (Å²) in [5.74, 6) is 0.740. The second-order valence-electron chi connectivity index (χ2n) is 8.81. The van der Waals surface area contributed by atoms with Gasteiger partial charge < -0.3 is 30.8 Å². The Morgan fingerprint density at radius 1 is 1.11 bits per heavy atom. The largest absolute Gasteiger partial charge is 0.506 e. The first-order valence-corrected chi connectivity index (χ1v) is 12.7. The van der Waals surface area contributed by atoms with Gasteiger partial charge in [-0.3, -0.25) is 9.69 Å². The number of hydrogen-bond acceptors (Lipinski definition) is 7. The Bertz CT molecular complexity index is 1250. The van der Waals surface area contributed by atoms with Crippen molar-refractivity contribution in [1.29, 1.82) is 5.41 Å². The molecule has 10 heteroatoms. The van der Waals surface area contributed by atoms with Gasteiger partial charge in [0.2, 0.25) is 5.91 Å². The van der Waals surface area contributed by atoms with E-state index in [4.69, 9.17) is 48.9 Å². The van der Waals surface area contributed by atoms with Crippen molar-refractivity contribution in [1.82, 2.24) is 4.90 Å². The van der Waals surface area contributed by atoms with Crippen molar-refractivity contribution < 1.29 is 24.5 Å². The maximum Gasteiger partial charge on any atom is 0.248 e. The third-order valence-electron chi connectivity index (χ3n) is 6.33. The predicted molar refractivity (Wildman–Crippen MR) is 149 cm³/mol. The first-order chi connectivity index (χ1) is 18.1. The molecule has 3 aromatic rings. The van der Waals surface area contributed by atoms with Crippen molar-refractivity contribution in [2.75, 3.05) is 33.4 Å². The Labute approximate surface area is 232 Å². The van der Waals surface area contributed by atoms with Gasteiger partial charge in [0.05, 0.1) is 17.7 Å². The number of methoxy groups -OCH3 is 1. The molecule has 0 aliphatic carbocycles. The van der Waals surface area contributed by atoms with E-state index < -0.39 is 11.5 Å². The minimum absolute atomic E-state index is 0.0586. The van der Waals surface area contributed by atoms with Crippen LogP contribution in [0.25, 0.3) is 0 Å². The highest BCUT2D eigenvalue weighted by Gasteiger charge is 2.33. The van der Waals surface area contributed by atoms with Gasteiger partial charge in [-0.1, -0.05) is 35.3 Å². The summed E-state index contributed by atoms with van der Waals surface area (Å²) in [5, 5.41) is 28.0. The van der Waals surface area contributed by atoms with Crippen LogP contribution in [-0.4, -0.2) is 60.6 Å². The number of phenolic OH excluding ortho intramolecular Hbond substituents is 1. The number of carbonyl (C=O) groups excluding carboxylic acids is 1. The lowest BCUT2D eigenvalue weighted by Gasteiger charge is -2.38. The van der Waals surface area contributed by atoms with Crippen molar-refractivity contribution in [2.24, 2.45) is 5.73 Å². The Balaban J connectivity index is 0.000000304. The number of phenols is 1. The fourth-order valence-electron chi connectivity index (χ4n) is 4.05. The van der Waals surface area contributed by atoms with Crippen LogP contribution in [0.4, 0.5) is 0 Å². The number of benzene rings is 3. The third-order valence-corrected chi connectivity index (χ3v) is 6.89. The quantitative estimate of drug-likeness (QED) is 0.292. The van der Waals surface area contributed by atoms with Crippen LogP contribution >= 0.6 is 23.2 Å². The summed E-state index contributed by atoms with van der Waals surface area (Å²) < 4.78 is 11.1. The Hall–Kier alpha value is -3.30. The predicted octanol–water partition coefficient (Wildman–Crippen LogP) is 4.85. The van der Waals surface area contributed by atoms with E-state index in [1.54, 1.807) is 13.2 Å². The molecule has 0 radical (unpaired) electrons. The smallest absolute Gasteiger partial charge is 0.248 e. The van der Waals surface area contributed by atoms with Gasteiger partial charge >= 0.3 is 0 Å². The lowest BCUT2D eigenvalue weighted by molar-refractivity contribution is -0.0278. The van der Waals surface area contributed by atoms with E-state index in [1.807, 2.05) is 36.4 Å². The summed E-state index contributed by atoms with van der Waals surface area (Å²) in [6.45, 7) is 2.99. The second-order valence-corrected chi connectivity index (χ2v) is 9.65. The number of nitrogens with one attached hydrogen (secondary N) is 1. The van der Waals surface area contributed by atoms with Gasteiger partial charge in [0.25, 0.3) is 0 Å². The fraction of sp³-hybridized carbons (Fsp3) is 0.286. The maximum absolute atomic E-state index is 10.9. The number of aliphatic hydroxyl groups is 1. The molecule has 0 spiro atoms. The number of nitrogens with zero attached hydrogens (tertiary/aromatic N) is 1. The average Bonchev–Trinajstić information content (AvgIpc) is 2.92. The number of piperidine rings is 1. The first-order valence-electron chi connectivity index (χ1n) is 12.0. The highest BCUT2D eigenvalue weighted by atomic mass is 35.5. The lowest BCUT2D eigenvalue weighted by atomic mass is 9.84. The summed E-state index contributed by atoms with van der Waals surface area (Å²) in [6.07, 6.45) is 2.64. The molecule has 1 heterocycles. The van der Waals surface area contributed by atoms with Gasteiger partial charge in [0.1, 0.15) is 23.9 Å². The standard InChI is InChI=1S/C21H25ClN2O3.C7H6ClNO2/c1-26-20-14-19(7-2-16(20)15-23)27-13-12-24-10-8-21(25,9-11-24)17-3-5-18(22)6-4-17;8-5-3-4(7(9)11)1-2-6(5)10/h2-7,14-15,23,25H,8-13H2,1H3;1-3,10H,(H2,9,11). The molecule has 5 N–H and O–H groups in total. The lowest BCUT2D eigenvalue weighted by Crippen LogP contribution is -2.43. The molecule has 0 saturated carbocycles. The van der Waals surface area contributed by atoms with Gasteiger partial charge in [-0.15, -0.1) is 0 Å². The molecule has 1 aliphatic rings. The van der Waals surface area contributed by atoms with E-state index in [-0.39, 0.29) is 16.3 Å². The molecule has 1 saturated heterocycles. The molecular formula is C28H31Cl2N3O5. The molecule has 3 aromatic carbocycles. The first kappa shape index (κ1) is 29.3. The summed E-state index contributed by atoms with van der Waals surface area (Å²) >= 11 is 11.4. The van der Waals surface area contributed by atoms with Gasteiger partial charge in [-0.2, -0.15) is 0 Å². The maximum atomic E-state index is 10.9. The van der Waals surface area contributed by atoms with Crippen LogP contribution in [0, 0.1) is 5.41 Å². The van der Waals surface area contributed by atoms with Gasteiger partial charge in [-0.05, 0) is 60.9 Å². The van der Waals surface area contributed by atoms with Crippen LogP contribution in [0.1, 0.15) is 34.3 Å².